The summed E-state index contributed by atoms with van der Waals surface area (Å²) in [5, 5.41) is 4.06. The monoisotopic (exact) mass is 407 g/mol. The van der Waals surface area contributed by atoms with Crippen LogP contribution in [-0.2, 0) is 0 Å². The summed E-state index contributed by atoms with van der Waals surface area (Å²) in [4.78, 5) is 11.1. The zero-order valence-corrected chi connectivity index (χ0v) is 17.4. The van der Waals surface area contributed by atoms with Gasteiger partial charge in [0.05, 0.1) is 5.69 Å². The Morgan fingerprint density at radius 2 is 1.83 bits per heavy atom. The molecule has 0 bridgehead atoms. The molecule has 0 radical (unpaired) electrons. The molecule has 3 aromatic rings. The number of nitrogens with two attached hydrogens (primary N) is 1. The van der Waals surface area contributed by atoms with Crippen LogP contribution in [0.25, 0.3) is 11.3 Å². The smallest absolute Gasteiger partial charge is 0.130 e. The quantitative estimate of drug-likeness (QED) is 0.613. The van der Waals surface area contributed by atoms with Crippen molar-refractivity contribution in [3.05, 3.63) is 71.0 Å². The Bertz CT molecular complexity index is 967. The van der Waals surface area contributed by atoms with Crippen LogP contribution in [-0.4, -0.2) is 29.6 Å². The molecule has 0 spiro atoms. The first kappa shape index (κ1) is 19.7. The lowest BCUT2D eigenvalue weighted by atomic mass is 10.1. The van der Waals surface area contributed by atoms with Crippen molar-refractivity contribution in [3.8, 4) is 11.3 Å². The van der Waals surface area contributed by atoms with Gasteiger partial charge in [-0.25, -0.2) is 9.97 Å². The lowest BCUT2D eigenvalue weighted by molar-refractivity contribution is 0.761. The Morgan fingerprint density at radius 3 is 2.55 bits per heavy atom. The minimum absolute atomic E-state index is 0.116. The summed E-state index contributed by atoms with van der Waals surface area (Å²) in [5.74, 6) is 0.746. The minimum atomic E-state index is -0.116. The predicted octanol–water partition coefficient (Wildman–Crippen LogP) is 4.82. The highest BCUT2D eigenvalue weighted by Gasteiger charge is 2.13. The molecule has 0 aliphatic carbocycles. The number of hydrogen-bond donors (Lipinski definition) is 2. The van der Waals surface area contributed by atoms with Crippen LogP contribution >= 0.6 is 11.6 Å². The molecule has 2 heterocycles. The summed E-state index contributed by atoms with van der Waals surface area (Å²) in [7, 11) is 0. The summed E-state index contributed by atoms with van der Waals surface area (Å²) in [6, 6.07) is 16.3. The first-order valence-corrected chi connectivity index (χ1v) is 10.4. The average molecular weight is 408 g/mol. The van der Waals surface area contributed by atoms with E-state index in [0.717, 1.165) is 46.3 Å². The van der Waals surface area contributed by atoms with Gasteiger partial charge in [0.1, 0.15) is 12.1 Å². The van der Waals surface area contributed by atoms with Crippen LogP contribution in [0, 0.1) is 6.92 Å². The van der Waals surface area contributed by atoms with E-state index in [4.69, 9.17) is 17.3 Å². The first-order valence-electron chi connectivity index (χ1n) is 10.0. The highest BCUT2D eigenvalue weighted by Crippen LogP contribution is 2.25. The molecule has 29 heavy (non-hydrogen) atoms. The third-order valence-corrected chi connectivity index (χ3v) is 5.84. The van der Waals surface area contributed by atoms with Crippen LogP contribution in [0.5, 0.6) is 0 Å². The number of anilines is 2. The Kier molecular flexibility index (Phi) is 5.97. The zero-order chi connectivity index (χ0) is 20.2. The molecule has 2 aromatic carbocycles. The van der Waals surface area contributed by atoms with E-state index in [2.05, 4.69) is 44.5 Å². The molecule has 150 valence electrons. The number of hydrogen-bond acceptors (Lipinski definition) is 5. The van der Waals surface area contributed by atoms with Gasteiger partial charge in [-0.15, -0.1) is 0 Å². The summed E-state index contributed by atoms with van der Waals surface area (Å²) in [5.41, 5.74) is 11.6. The second-order valence-electron chi connectivity index (χ2n) is 7.53. The third kappa shape index (κ3) is 4.69. The van der Waals surface area contributed by atoms with Crippen LogP contribution in [0.15, 0.2) is 54.9 Å². The van der Waals surface area contributed by atoms with Gasteiger partial charge in [-0.05, 0) is 49.1 Å². The van der Waals surface area contributed by atoms with Crippen LogP contribution in [0.4, 0.5) is 11.5 Å². The van der Waals surface area contributed by atoms with Crippen molar-refractivity contribution in [2.75, 3.05) is 29.9 Å². The lowest BCUT2D eigenvalue weighted by Gasteiger charge is -2.19. The van der Waals surface area contributed by atoms with Crippen LogP contribution in [0.1, 0.15) is 30.0 Å². The van der Waals surface area contributed by atoms with E-state index in [1.54, 1.807) is 6.33 Å². The maximum absolute atomic E-state index is 6.40. The molecular formula is C23H26ClN5. The number of aromatic nitrogens is 2. The lowest BCUT2D eigenvalue weighted by Crippen LogP contribution is -2.21. The highest BCUT2D eigenvalue weighted by molar-refractivity contribution is 6.31. The van der Waals surface area contributed by atoms with Crippen molar-refractivity contribution in [3.63, 3.8) is 0 Å². The average Bonchev–Trinajstić information content (AvgIpc) is 3.29. The fraction of sp³-hybridized carbons (Fsp3) is 0.304. The Balaban J connectivity index is 1.40. The van der Waals surface area contributed by atoms with E-state index in [9.17, 15) is 0 Å². The summed E-state index contributed by atoms with van der Waals surface area (Å²) in [6.07, 6.45) is 4.11. The molecule has 1 atom stereocenters. The van der Waals surface area contributed by atoms with Crippen LogP contribution < -0.4 is 16.0 Å². The summed E-state index contributed by atoms with van der Waals surface area (Å²) in [6.45, 7) is 4.87. The van der Waals surface area contributed by atoms with Crippen molar-refractivity contribution >= 4 is 23.1 Å². The Morgan fingerprint density at radius 1 is 1.07 bits per heavy atom. The van der Waals surface area contributed by atoms with Crippen LogP contribution in [0.3, 0.4) is 0 Å². The normalized spacial score (nSPS) is 14.8. The molecule has 1 aromatic heterocycles. The van der Waals surface area contributed by atoms with E-state index in [1.165, 1.54) is 18.5 Å². The number of nitrogens with zero attached hydrogens (tertiary/aromatic N) is 3. The largest absolute Gasteiger partial charge is 0.372 e. The molecule has 1 aliphatic rings. The molecule has 4 rings (SSSR count). The Hall–Kier alpha value is -2.63. The number of nitrogens with one attached hydrogen (secondary N) is 1. The fourth-order valence-electron chi connectivity index (χ4n) is 3.60. The van der Waals surface area contributed by atoms with Gasteiger partial charge < -0.3 is 16.0 Å². The first-order chi connectivity index (χ1) is 14.1. The van der Waals surface area contributed by atoms with Gasteiger partial charge in [0.2, 0.25) is 0 Å². The number of benzene rings is 2. The molecule has 6 heteroatoms. The SMILES string of the molecule is Cc1ccc(-c2cc(NC[C@H](N)c3ccc(N4CCCC4)cc3)ncn2)cc1Cl. The van der Waals surface area contributed by atoms with Crippen molar-refractivity contribution < 1.29 is 0 Å². The fourth-order valence-corrected chi connectivity index (χ4v) is 3.78. The maximum atomic E-state index is 6.40. The molecule has 0 unspecified atom stereocenters. The number of rotatable bonds is 6. The number of halogens is 1. The van der Waals surface area contributed by atoms with E-state index < -0.39 is 0 Å². The van der Waals surface area contributed by atoms with Gasteiger partial charge in [0.25, 0.3) is 0 Å². The van der Waals surface area contributed by atoms with E-state index >= 15 is 0 Å². The van der Waals surface area contributed by atoms with Crippen molar-refractivity contribution in [1.82, 2.24) is 9.97 Å². The van der Waals surface area contributed by atoms with E-state index in [-0.39, 0.29) is 6.04 Å². The predicted molar refractivity (Wildman–Crippen MR) is 121 cm³/mol. The van der Waals surface area contributed by atoms with Crippen molar-refractivity contribution in [2.45, 2.75) is 25.8 Å². The topological polar surface area (TPSA) is 67.1 Å². The van der Waals surface area contributed by atoms with E-state index in [1.807, 2.05) is 31.2 Å². The van der Waals surface area contributed by atoms with Gasteiger partial charge in [0, 0.05) is 48.0 Å². The van der Waals surface area contributed by atoms with Crippen molar-refractivity contribution in [1.29, 1.82) is 0 Å². The Labute approximate surface area is 176 Å². The minimum Gasteiger partial charge on any atom is -0.372 e. The van der Waals surface area contributed by atoms with E-state index in [0.29, 0.717) is 6.54 Å². The molecule has 1 saturated heterocycles. The zero-order valence-electron chi connectivity index (χ0n) is 16.6. The second kappa shape index (κ2) is 8.80. The van der Waals surface area contributed by atoms with Gasteiger partial charge in [-0.1, -0.05) is 35.9 Å². The molecule has 0 saturated carbocycles. The van der Waals surface area contributed by atoms with Gasteiger partial charge in [0.15, 0.2) is 0 Å². The second-order valence-corrected chi connectivity index (χ2v) is 7.93. The summed E-state index contributed by atoms with van der Waals surface area (Å²) >= 11 is 6.25. The molecule has 5 nitrogen and oxygen atoms in total. The van der Waals surface area contributed by atoms with Gasteiger partial charge in [-0.3, -0.25) is 0 Å². The standard InChI is InChI=1S/C23H26ClN5/c1-16-4-5-18(12-20(16)24)22-13-23(28-15-27-22)26-14-21(25)17-6-8-19(9-7-17)29-10-2-3-11-29/h4-9,12-13,15,21H,2-3,10-11,14,25H2,1H3,(H,26,27,28)/t21-/m0/s1. The van der Waals surface area contributed by atoms with Crippen LogP contribution in [0.2, 0.25) is 5.02 Å². The highest BCUT2D eigenvalue weighted by atomic mass is 35.5. The summed E-state index contributed by atoms with van der Waals surface area (Å²) < 4.78 is 0. The molecule has 3 N–H and O–H groups in total. The molecule has 0 amide bonds. The van der Waals surface area contributed by atoms with Crippen molar-refractivity contribution in [2.24, 2.45) is 5.73 Å². The maximum Gasteiger partial charge on any atom is 0.130 e. The third-order valence-electron chi connectivity index (χ3n) is 5.43. The molecule has 1 fully saturated rings. The number of aryl methyl sites for hydroxylation is 1. The molecular weight excluding hydrogens is 382 g/mol. The molecule has 1 aliphatic heterocycles. The van der Waals surface area contributed by atoms with Gasteiger partial charge >= 0.3 is 0 Å². The van der Waals surface area contributed by atoms with Gasteiger partial charge in [-0.2, -0.15) is 0 Å².